The Morgan fingerprint density at radius 2 is 1.83 bits per heavy atom. The van der Waals surface area contributed by atoms with Crippen molar-refractivity contribution in [3.8, 4) is 0 Å². The van der Waals surface area contributed by atoms with Gasteiger partial charge >= 0.3 is 0 Å². The number of piperidine rings is 1. The summed E-state index contributed by atoms with van der Waals surface area (Å²) in [5.74, 6) is 2.03. The van der Waals surface area contributed by atoms with E-state index in [4.69, 9.17) is 0 Å². The minimum absolute atomic E-state index is 0. The van der Waals surface area contributed by atoms with E-state index in [0.29, 0.717) is 11.8 Å². The van der Waals surface area contributed by atoms with E-state index >= 15 is 0 Å². The number of aryl methyl sites for hydroxylation is 1. The lowest BCUT2D eigenvalue weighted by Gasteiger charge is -2.37. The SMILES string of the molecule is CCN1CC[C@H]2[C@H](c3ccc(Br)cc3)c3cc(C)ccc3[C@H]2C1.Cl. The smallest absolute Gasteiger partial charge is 0.0175 e. The number of nitrogens with zero attached hydrogens (tertiary/aromatic N) is 1. The van der Waals surface area contributed by atoms with E-state index in [2.05, 4.69) is 77.1 Å². The van der Waals surface area contributed by atoms with Gasteiger partial charge in [-0.2, -0.15) is 0 Å². The zero-order valence-electron chi connectivity index (χ0n) is 14.3. The zero-order valence-corrected chi connectivity index (χ0v) is 16.7. The van der Waals surface area contributed by atoms with Gasteiger partial charge in [-0.05, 0) is 61.2 Å². The summed E-state index contributed by atoms with van der Waals surface area (Å²) in [6, 6.07) is 16.2. The molecule has 0 aromatic heterocycles. The van der Waals surface area contributed by atoms with Gasteiger partial charge in [0.25, 0.3) is 0 Å². The Morgan fingerprint density at radius 1 is 1.08 bits per heavy atom. The Bertz CT molecular complexity index is 712. The highest BCUT2D eigenvalue weighted by Gasteiger charge is 2.43. The molecule has 1 aliphatic heterocycles. The highest BCUT2D eigenvalue weighted by Crippen LogP contribution is 2.53. The number of benzene rings is 2. The van der Waals surface area contributed by atoms with Crippen LogP contribution in [0.4, 0.5) is 0 Å². The first-order chi connectivity index (χ1) is 11.2. The minimum atomic E-state index is 0. The maximum atomic E-state index is 3.58. The maximum Gasteiger partial charge on any atom is 0.0175 e. The summed E-state index contributed by atoms with van der Waals surface area (Å²) in [6.45, 7) is 8.16. The number of fused-ring (bicyclic) bond motifs is 3. The Morgan fingerprint density at radius 3 is 2.54 bits per heavy atom. The van der Waals surface area contributed by atoms with E-state index in [1.807, 2.05) is 0 Å². The van der Waals surface area contributed by atoms with Gasteiger partial charge < -0.3 is 4.90 Å². The van der Waals surface area contributed by atoms with Crippen molar-refractivity contribution in [1.82, 2.24) is 4.90 Å². The van der Waals surface area contributed by atoms with Crippen LogP contribution in [0.5, 0.6) is 0 Å². The number of rotatable bonds is 2. The molecule has 3 atom stereocenters. The van der Waals surface area contributed by atoms with E-state index in [9.17, 15) is 0 Å². The summed E-state index contributed by atoms with van der Waals surface area (Å²) in [4.78, 5) is 2.62. The van der Waals surface area contributed by atoms with E-state index in [1.165, 1.54) is 41.7 Å². The Hall–Kier alpha value is -0.830. The average Bonchev–Trinajstić information content (AvgIpc) is 2.88. The maximum absolute atomic E-state index is 3.58. The number of hydrogen-bond acceptors (Lipinski definition) is 1. The molecule has 1 heterocycles. The summed E-state index contributed by atoms with van der Waals surface area (Å²) in [5, 5.41) is 0. The van der Waals surface area contributed by atoms with Crippen LogP contribution < -0.4 is 0 Å². The molecule has 4 rings (SSSR count). The Kier molecular flexibility index (Phi) is 5.39. The van der Waals surface area contributed by atoms with Crippen LogP contribution in [0.15, 0.2) is 46.9 Å². The minimum Gasteiger partial charge on any atom is -0.303 e. The summed E-state index contributed by atoms with van der Waals surface area (Å²) in [6.07, 6.45) is 1.31. The molecule has 24 heavy (non-hydrogen) atoms. The van der Waals surface area contributed by atoms with Gasteiger partial charge in [-0.15, -0.1) is 12.4 Å². The van der Waals surface area contributed by atoms with Crippen LogP contribution in [0.2, 0.25) is 0 Å². The van der Waals surface area contributed by atoms with Crippen molar-refractivity contribution in [3.63, 3.8) is 0 Å². The van der Waals surface area contributed by atoms with Crippen LogP contribution in [0.1, 0.15) is 47.4 Å². The second-order valence-corrected chi connectivity index (χ2v) is 8.03. The molecule has 2 aliphatic rings. The largest absolute Gasteiger partial charge is 0.303 e. The fourth-order valence-corrected chi connectivity index (χ4v) is 4.95. The number of likely N-dealkylation sites (N-methyl/N-ethyl adjacent to an activating group) is 1. The van der Waals surface area contributed by atoms with E-state index in [-0.39, 0.29) is 12.4 Å². The zero-order chi connectivity index (χ0) is 16.0. The quantitative estimate of drug-likeness (QED) is 0.613. The summed E-state index contributed by atoms with van der Waals surface area (Å²) < 4.78 is 1.17. The van der Waals surface area contributed by atoms with Crippen LogP contribution >= 0.6 is 28.3 Å². The average molecular weight is 407 g/mol. The van der Waals surface area contributed by atoms with Gasteiger partial charge in [0.15, 0.2) is 0 Å². The molecule has 0 radical (unpaired) electrons. The van der Waals surface area contributed by atoms with Gasteiger partial charge in [-0.25, -0.2) is 0 Å². The van der Waals surface area contributed by atoms with Crippen LogP contribution in [-0.4, -0.2) is 24.5 Å². The lowest BCUT2D eigenvalue weighted by molar-refractivity contribution is 0.167. The first-order valence-corrected chi connectivity index (χ1v) is 9.55. The molecule has 1 aliphatic carbocycles. The molecule has 0 saturated carbocycles. The van der Waals surface area contributed by atoms with Crippen molar-refractivity contribution >= 4 is 28.3 Å². The molecule has 128 valence electrons. The van der Waals surface area contributed by atoms with Gasteiger partial charge in [-0.3, -0.25) is 0 Å². The predicted molar refractivity (Wildman–Crippen MR) is 107 cm³/mol. The topological polar surface area (TPSA) is 3.24 Å². The lowest BCUT2D eigenvalue weighted by atomic mass is 9.78. The van der Waals surface area contributed by atoms with Gasteiger partial charge in [0, 0.05) is 22.9 Å². The predicted octanol–water partition coefficient (Wildman–Crippen LogP) is 5.75. The van der Waals surface area contributed by atoms with E-state index in [1.54, 1.807) is 11.1 Å². The third-order valence-corrected chi connectivity index (χ3v) is 6.36. The second kappa shape index (κ2) is 7.19. The first kappa shape index (κ1) is 18.0. The van der Waals surface area contributed by atoms with Gasteiger partial charge in [0.2, 0.25) is 0 Å². The van der Waals surface area contributed by atoms with Crippen molar-refractivity contribution < 1.29 is 0 Å². The second-order valence-electron chi connectivity index (χ2n) is 7.11. The van der Waals surface area contributed by atoms with Crippen molar-refractivity contribution in [1.29, 1.82) is 0 Å². The Balaban J connectivity index is 0.00000169. The standard InChI is InChI=1S/C21H24BrN.ClH/c1-3-23-11-10-18-20(13-23)17-9-4-14(2)12-19(17)21(18)15-5-7-16(22)8-6-15;/h4-9,12,18,20-21H,3,10-11,13H2,1-2H3;1H/t18-,20-,21+;/m1./s1. The number of likely N-dealkylation sites (tertiary alicyclic amines) is 1. The molecule has 0 N–H and O–H groups in total. The van der Waals surface area contributed by atoms with Crippen LogP contribution in [0.25, 0.3) is 0 Å². The molecular formula is C21H25BrClN. The fourth-order valence-electron chi connectivity index (χ4n) is 4.68. The van der Waals surface area contributed by atoms with E-state index in [0.717, 1.165) is 5.92 Å². The summed E-state index contributed by atoms with van der Waals surface area (Å²) in [5.41, 5.74) is 6.06. The van der Waals surface area contributed by atoms with Crippen LogP contribution in [-0.2, 0) is 0 Å². The number of hydrogen-bond donors (Lipinski definition) is 0. The molecule has 1 fully saturated rings. The summed E-state index contributed by atoms with van der Waals surface area (Å²) in [7, 11) is 0. The highest BCUT2D eigenvalue weighted by molar-refractivity contribution is 9.10. The highest BCUT2D eigenvalue weighted by atomic mass is 79.9. The van der Waals surface area contributed by atoms with Gasteiger partial charge in [-0.1, -0.05) is 58.7 Å². The molecule has 0 amide bonds. The third-order valence-electron chi connectivity index (χ3n) is 5.83. The molecule has 2 aromatic rings. The third kappa shape index (κ3) is 3.05. The van der Waals surface area contributed by atoms with Gasteiger partial charge in [0.05, 0.1) is 0 Å². The fraction of sp³-hybridized carbons (Fsp3) is 0.429. The van der Waals surface area contributed by atoms with Crippen molar-refractivity contribution in [2.45, 2.75) is 32.1 Å². The lowest BCUT2D eigenvalue weighted by Crippen LogP contribution is -2.38. The molecule has 0 bridgehead atoms. The molecule has 0 spiro atoms. The van der Waals surface area contributed by atoms with E-state index < -0.39 is 0 Å². The normalized spacial score (nSPS) is 25.7. The molecule has 3 heteroatoms. The monoisotopic (exact) mass is 405 g/mol. The van der Waals surface area contributed by atoms with Crippen molar-refractivity contribution in [2.24, 2.45) is 5.92 Å². The van der Waals surface area contributed by atoms with Crippen molar-refractivity contribution in [2.75, 3.05) is 19.6 Å². The molecular weight excluding hydrogens is 382 g/mol. The molecule has 0 unspecified atom stereocenters. The van der Waals surface area contributed by atoms with Crippen LogP contribution in [0.3, 0.4) is 0 Å². The first-order valence-electron chi connectivity index (χ1n) is 8.75. The van der Waals surface area contributed by atoms with Crippen molar-refractivity contribution in [3.05, 3.63) is 69.2 Å². The van der Waals surface area contributed by atoms with Crippen LogP contribution in [0, 0.1) is 12.8 Å². The molecule has 1 saturated heterocycles. The molecule has 1 nitrogen and oxygen atoms in total. The summed E-state index contributed by atoms with van der Waals surface area (Å²) >= 11 is 3.58. The van der Waals surface area contributed by atoms with Gasteiger partial charge in [0.1, 0.15) is 0 Å². The Labute approximate surface area is 160 Å². The molecule has 2 aromatic carbocycles. The number of halogens is 2.